The number of piperidine rings is 1. The molecule has 1 saturated heterocycles. The number of likely N-dealkylation sites (tertiary alicyclic amines) is 1. The molecule has 0 unspecified atom stereocenters. The van der Waals surface area contributed by atoms with Crippen molar-refractivity contribution >= 4 is 23.2 Å². The van der Waals surface area contributed by atoms with E-state index in [1.807, 2.05) is 16.8 Å². The Labute approximate surface area is 172 Å². The maximum absolute atomic E-state index is 13.1. The van der Waals surface area contributed by atoms with Crippen molar-refractivity contribution in [2.24, 2.45) is 5.92 Å². The highest BCUT2D eigenvalue weighted by molar-refractivity contribution is 7.08. The summed E-state index contributed by atoms with van der Waals surface area (Å²) in [6.07, 6.45) is 2.50. The number of thiophene rings is 1. The van der Waals surface area contributed by atoms with E-state index in [0.29, 0.717) is 42.4 Å². The molecular weight excluding hydrogens is 390 g/mol. The molecule has 1 aliphatic heterocycles. The maximum atomic E-state index is 13.1. The molecule has 0 bridgehead atoms. The van der Waals surface area contributed by atoms with Crippen LogP contribution in [0, 0.1) is 5.92 Å². The normalized spacial score (nSPS) is 16.6. The van der Waals surface area contributed by atoms with Crippen LogP contribution in [0.5, 0.6) is 0 Å². The van der Waals surface area contributed by atoms with Gasteiger partial charge < -0.3 is 14.2 Å². The fourth-order valence-corrected chi connectivity index (χ4v) is 4.27. The number of methoxy groups -OCH3 is 1. The van der Waals surface area contributed by atoms with Gasteiger partial charge in [0.2, 0.25) is 11.7 Å². The van der Waals surface area contributed by atoms with Gasteiger partial charge in [0.1, 0.15) is 0 Å². The van der Waals surface area contributed by atoms with E-state index in [9.17, 15) is 9.59 Å². The number of rotatable bonds is 5. The van der Waals surface area contributed by atoms with Crippen molar-refractivity contribution in [3.8, 4) is 11.4 Å². The molecule has 8 heteroatoms. The van der Waals surface area contributed by atoms with Gasteiger partial charge in [-0.2, -0.15) is 16.3 Å². The first kappa shape index (κ1) is 19.3. The highest BCUT2D eigenvalue weighted by atomic mass is 32.1. The number of ether oxygens (including phenoxy) is 1. The fourth-order valence-electron chi connectivity index (χ4n) is 3.64. The minimum atomic E-state index is -0.505. The van der Waals surface area contributed by atoms with Crippen molar-refractivity contribution in [1.29, 1.82) is 0 Å². The van der Waals surface area contributed by atoms with Gasteiger partial charge in [-0.1, -0.05) is 17.3 Å². The monoisotopic (exact) mass is 411 g/mol. The summed E-state index contributed by atoms with van der Waals surface area (Å²) < 4.78 is 10.2. The Hall–Kier alpha value is -3.00. The molecule has 0 spiro atoms. The van der Waals surface area contributed by atoms with Crippen LogP contribution in [-0.4, -0.2) is 47.1 Å². The van der Waals surface area contributed by atoms with Gasteiger partial charge in [-0.15, -0.1) is 0 Å². The van der Waals surface area contributed by atoms with Crippen LogP contribution in [-0.2, 0) is 11.2 Å². The van der Waals surface area contributed by atoms with Gasteiger partial charge in [-0.25, -0.2) is 4.79 Å². The fraction of sp³-hybridized carbons (Fsp3) is 0.333. The maximum Gasteiger partial charge on any atom is 0.338 e. The van der Waals surface area contributed by atoms with Crippen molar-refractivity contribution in [2.45, 2.75) is 19.3 Å². The molecule has 2 aromatic heterocycles. The third-order valence-electron chi connectivity index (χ3n) is 5.08. The lowest BCUT2D eigenvalue weighted by molar-refractivity contribution is 0.0581. The Morgan fingerprint density at radius 2 is 2.10 bits per heavy atom. The zero-order chi connectivity index (χ0) is 20.2. The van der Waals surface area contributed by atoms with Crippen LogP contribution < -0.4 is 0 Å². The average Bonchev–Trinajstić information content (AvgIpc) is 3.45. The van der Waals surface area contributed by atoms with Crippen molar-refractivity contribution in [3.63, 3.8) is 0 Å². The molecule has 7 nitrogen and oxygen atoms in total. The molecule has 0 aliphatic carbocycles. The standard InChI is InChI=1S/C21H21N3O4S/c1-27-21(26)17-7-3-2-6-16(17)20(25)24-9-4-5-14(12-24)11-18-22-19(23-28-18)15-8-10-29-13-15/h2-3,6-8,10,13-14H,4-5,9,11-12H2,1H3/t14-/m1/s1. The molecule has 4 rings (SSSR count). The molecule has 3 aromatic rings. The van der Waals surface area contributed by atoms with E-state index in [1.165, 1.54) is 7.11 Å². The number of hydrogen-bond donors (Lipinski definition) is 0. The Balaban J connectivity index is 1.45. The number of amides is 1. The number of aromatic nitrogens is 2. The van der Waals surface area contributed by atoms with Crippen LogP contribution in [0.3, 0.4) is 0 Å². The predicted molar refractivity (Wildman–Crippen MR) is 108 cm³/mol. The molecular formula is C21H21N3O4S. The molecule has 150 valence electrons. The average molecular weight is 411 g/mol. The highest BCUT2D eigenvalue weighted by Gasteiger charge is 2.28. The summed E-state index contributed by atoms with van der Waals surface area (Å²) in [4.78, 5) is 31.4. The topological polar surface area (TPSA) is 85.5 Å². The van der Waals surface area contributed by atoms with Crippen LogP contribution in [0.2, 0.25) is 0 Å². The molecule has 29 heavy (non-hydrogen) atoms. The summed E-state index contributed by atoms with van der Waals surface area (Å²) in [5.41, 5.74) is 1.61. The molecule has 1 amide bonds. The summed E-state index contributed by atoms with van der Waals surface area (Å²) in [5, 5.41) is 8.01. The summed E-state index contributed by atoms with van der Waals surface area (Å²) in [5.74, 6) is 0.751. The first-order valence-electron chi connectivity index (χ1n) is 9.47. The smallest absolute Gasteiger partial charge is 0.338 e. The Morgan fingerprint density at radius 1 is 1.28 bits per heavy atom. The first-order chi connectivity index (χ1) is 14.2. The minimum absolute atomic E-state index is 0.153. The van der Waals surface area contributed by atoms with Crippen molar-refractivity contribution in [1.82, 2.24) is 15.0 Å². The van der Waals surface area contributed by atoms with Gasteiger partial charge in [0.05, 0.1) is 18.2 Å². The Kier molecular flexibility index (Phi) is 5.71. The van der Waals surface area contributed by atoms with Crippen LogP contribution >= 0.6 is 11.3 Å². The molecule has 0 saturated carbocycles. The Bertz CT molecular complexity index is 999. The summed E-state index contributed by atoms with van der Waals surface area (Å²) in [6, 6.07) is 8.72. The second-order valence-corrected chi connectivity index (χ2v) is 7.80. The molecule has 1 fully saturated rings. The zero-order valence-corrected chi connectivity index (χ0v) is 16.9. The third kappa shape index (κ3) is 4.22. The number of carbonyl (C=O) groups excluding carboxylic acids is 2. The van der Waals surface area contributed by atoms with Gasteiger partial charge in [0.15, 0.2) is 0 Å². The van der Waals surface area contributed by atoms with Gasteiger partial charge in [-0.05, 0) is 42.3 Å². The number of hydrogen-bond acceptors (Lipinski definition) is 7. The number of esters is 1. The van der Waals surface area contributed by atoms with Crippen molar-refractivity contribution in [2.75, 3.05) is 20.2 Å². The van der Waals surface area contributed by atoms with E-state index < -0.39 is 5.97 Å². The quantitative estimate of drug-likeness (QED) is 0.596. The second-order valence-electron chi connectivity index (χ2n) is 7.02. The lowest BCUT2D eigenvalue weighted by Gasteiger charge is -2.32. The van der Waals surface area contributed by atoms with Crippen LogP contribution in [0.4, 0.5) is 0 Å². The Morgan fingerprint density at radius 3 is 2.86 bits per heavy atom. The van der Waals surface area contributed by atoms with Crippen LogP contribution in [0.15, 0.2) is 45.6 Å². The van der Waals surface area contributed by atoms with Gasteiger partial charge >= 0.3 is 5.97 Å². The van der Waals surface area contributed by atoms with E-state index in [0.717, 1.165) is 18.4 Å². The largest absolute Gasteiger partial charge is 0.465 e. The number of benzene rings is 1. The van der Waals surface area contributed by atoms with Gasteiger partial charge in [0.25, 0.3) is 5.91 Å². The van der Waals surface area contributed by atoms with E-state index in [4.69, 9.17) is 9.26 Å². The third-order valence-corrected chi connectivity index (χ3v) is 5.76. The van der Waals surface area contributed by atoms with E-state index >= 15 is 0 Å². The summed E-state index contributed by atoms with van der Waals surface area (Å²) >= 11 is 1.59. The van der Waals surface area contributed by atoms with Crippen LogP contribution in [0.1, 0.15) is 39.4 Å². The van der Waals surface area contributed by atoms with Gasteiger partial charge in [0, 0.05) is 30.5 Å². The molecule has 3 heterocycles. The van der Waals surface area contributed by atoms with E-state index in [1.54, 1.807) is 40.5 Å². The number of nitrogens with zero attached hydrogens (tertiary/aromatic N) is 3. The summed E-state index contributed by atoms with van der Waals surface area (Å²) in [6.45, 7) is 1.25. The second kappa shape index (κ2) is 8.57. The van der Waals surface area contributed by atoms with Crippen LogP contribution in [0.25, 0.3) is 11.4 Å². The molecule has 0 N–H and O–H groups in total. The minimum Gasteiger partial charge on any atom is -0.465 e. The lowest BCUT2D eigenvalue weighted by Crippen LogP contribution is -2.41. The molecule has 1 atom stereocenters. The highest BCUT2D eigenvalue weighted by Crippen LogP contribution is 2.25. The summed E-state index contributed by atoms with van der Waals surface area (Å²) in [7, 11) is 1.31. The first-order valence-corrected chi connectivity index (χ1v) is 10.4. The van der Waals surface area contributed by atoms with E-state index in [-0.39, 0.29) is 11.8 Å². The predicted octanol–water partition coefficient (Wildman–Crippen LogP) is 3.68. The number of carbonyl (C=O) groups is 2. The van der Waals surface area contributed by atoms with E-state index in [2.05, 4.69) is 10.1 Å². The SMILES string of the molecule is COC(=O)c1ccccc1C(=O)N1CCC[C@H](Cc2nc(-c3ccsc3)no2)C1. The molecule has 1 aromatic carbocycles. The zero-order valence-electron chi connectivity index (χ0n) is 16.0. The van der Waals surface area contributed by atoms with Crippen molar-refractivity contribution < 1.29 is 18.8 Å². The van der Waals surface area contributed by atoms with Crippen molar-refractivity contribution in [3.05, 3.63) is 58.1 Å². The van der Waals surface area contributed by atoms with Gasteiger partial charge in [-0.3, -0.25) is 4.79 Å². The molecule has 1 aliphatic rings. The lowest BCUT2D eigenvalue weighted by atomic mass is 9.94. The molecule has 0 radical (unpaired) electrons.